The van der Waals surface area contributed by atoms with E-state index in [0.29, 0.717) is 12.5 Å². The van der Waals surface area contributed by atoms with Gasteiger partial charge in [-0.25, -0.2) is 9.78 Å². The van der Waals surface area contributed by atoms with Gasteiger partial charge in [-0.15, -0.1) is 11.3 Å². The number of alkyl carbamates (subject to hydrolysis) is 1. The van der Waals surface area contributed by atoms with E-state index in [4.69, 9.17) is 4.74 Å². The van der Waals surface area contributed by atoms with Crippen LogP contribution in [-0.4, -0.2) is 48.8 Å². The first-order valence-corrected chi connectivity index (χ1v) is 9.77. The van der Waals surface area contributed by atoms with Crippen molar-refractivity contribution >= 4 is 23.4 Å². The van der Waals surface area contributed by atoms with Gasteiger partial charge in [-0.3, -0.25) is 4.99 Å². The molecule has 0 saturated carbocycles. The fourth-order valence-electron chi connectivity index (χ4n) is 2.14. The normalized spacial score (nSPS) is 13.5. The molecule has 1 heterocycles. The molecule has 0 aromatic carbocycles. The van der Waals surface area contributed by atoms with Crippen molar-refractivity contribution in [2.75, 3.05) is 20.1 Å². The molecule has 0 saturated heterocycles. The molecule has 1 aromatic heterocycles. The van der Waals surface area contributed by atoms with Crippen molar-refractivity contribution in [3.63, 3.8) is 0 Å². The summed E-state index contributed by atoms with van der Waals surface area (Å²) in [5.74, 6) is 0.960. The highest BCUT2D eigenvalue weighted by Gasteiger charge is 2.21. The number of rotatable bonds is 7. The van der Waals surface area contributed by atoms with Crippen LogP contribution in [-0.2, 0) is 11.2 Å². The number of aliphatic imine (C=N–C) groups is 1. The Morgan fingerprint density at radius 3 is 2.54 bits per heavy atom. The van der Waals surface area contributed by atoms with E-state index >= 15 is 0 Å². The fourth-order valence-corrected chi connectivity index (χ4v) is 2.93. The molecule has 7 nitrogen and oxygen atoms in total. The van der Waals surface area contributed by atoms with Gasteiger partial charge in [0.1, 0.15) is 5.60 Å². The molecular weight excluding hydrogens is 350 g/mol. The van der Waals surface area contributed by atoms with E-state index in [9.17, 15) is 4.79 Å². The summed E-state index contributed by atoms with van der Waals surface area (Å²) >= 11 is 1.71. The number of amides is 1. The number of carbonyl (C=O) groups excluding carboxylic acids is 1. The molecule has 8 heteroatoms. The maximum Gasteiger partial charge on any atom is 0.407 e. The second-order valence-electron chi connectivity index (χ2n) is 7.49. The van der Waals surface area contributed by atoms with Gasteiger partial charge in [-0.2, -0.15) is 0 Å². The van der Waals surface area contributed by atoms with E-state index in [0.717, 1.165) is 18.0 Å². The van der Waals surface area contributed by atoms with Crippen LogP contribution in [0.1, 0.15) is 44.5 Å². The zero-order valence-corrected chi connectivity index (χ0v) is 17.8. The molecule has 0 spiro atoms. The second-order valence-corrected chi connectivity index (χ2v) is 8.81. The van der Waals surface area contributed by atoms with Gasteiger partial charge < -0.3 is 20.7 Å². The van der Waals surface area contributed by atoms with Crippen LogP contribution in [0.3, 0.4) is 0 Å². The van der Waals surface area contributed by atoms with E-state index in [2.05, 4.69) is 46.7 Å². The summed E-state index contributed by atoms with van der Waals surface area (Å²) in [5.41, 5.74) is -0.509. The van der Waals surface area contributed by atoms with Gasteiger partial charge in [0, 0.05) is 37.6 Å². The lowest BCUT2D eigenvalue weighted by molar-refractivity contribution is 0.0491. The van der Waals surface area contributed by atoms with Crippen LogP contribution in [0.2, 0.25) is 0 Å². The van der Waals surface area contributed by atoms with Crippen LogP contribution in [0.4, 0.5) is 4.79 Å². The van der Waals surface area contributed by atoms with Gasteiger partial charge >= 0.3 is 6.09 Å². The first kappa shape index (κ1) is 22.2. The van der Waals surface area contributed by atoms with Crippen molar-refractivity contribution in [1.29, 1.82) is 0 Å². The molecule has 0 radical (unpaired) electrons. The lowest BCUT2D eigenvalue weighted by atomic mass is 10.0. The maximum absolute atomic E-state index is 12.0. The van der Waals surface area contributed by atoms with Gasteiger partial charge in [-0.05, 0) is 33.6 Å². The molecule has 0 aliphatic heterocycles. The molecule has 0 bridgehead atoms. The topological polar surface area (TPSA) is 87.6 Å². The highest BCUT2D eigenvalue weighted by Crippen LogP contribution is 2.11. The molecular formula is C18H33N5O2S. The molecule has 148 valence electrons. The van der Waals surface area contributed by atoms with Crippen molar-refractivity contribution in [3.05, 3.63) is 16.1 Å². The Morgan fingerprint density at radius 1 is 1.35 bits per heavy atom. The van der Waals surface area contributed by atoms with Crippen molar-refractivity contribution in [3.8, 4) is 0 Å². The fraction of sp³-hybridized carbons (Fsp3) is 0.722. The van der Waals surface area contributed by atoms with Crippen molar-refractivity contribution in [1.82, 2.24) is 20.9 Å². The minimum Gasteiger partial charge on any atom is -0.444 e. The Bertz CT molecular complexity index is 593. The van der Waals surface area contributed by atoms with E-state index in [-0.39, 0.29) is 12.0 Å². The van der Waals surface area contributed by atoms with E-state index < -0.39 is 11.7 Å². The van der Waals surface area contributed by atoms with E-state index in [1.807, 2.05) is 27.0 Å². The van der Waals surface area contributed by atoms with Crippen molar-refractivity contribution < 1.29 is 9.53 Å². The van der Waals surface area contributed by atoms with Crippen molar-refractivity contribution in [2.24, 2.45) is 10.9 Å². The summed E-state index contributed by atoms with van der Waals surface area (Å²) in [6, 6.07) is -0.0648. The monoisotopic (exact) mass is 383 g/mol. The first-order valence-electron chi connectivity index (χ1n) is 8.96. The predicted octanol–water partition coefficient (Wildman–Crippen LogP) is 2.71. The molecule has 26 heavy (non-hydrogen) atoms. The lowest BCUT2D eigenvalue weighted by Crippen LogP contribution is -2.50. The molecule has 3 N–H and O–H groups in total. The number of hydrogen-bond donors (Lipinski definition) is 3. The number of thiazole rings is 1. The average Bonchev–Trinajstić information content (AvgIpc) is 2.92. The van der Waals surface area contributed by atoms with Gasteiger partial charge in [0.15, 0.2) is 5.96 Å². The number of nitrogens with zero attached hydrogens (tertiary/aromatic N) is 2. The van der Waals surface area contributed by atoms with Gasteiger partial charge in [-0.1, -0.05) is 13.8 Å². The number of aromatic nitrogens is 1. The Hall–Kier alpha value is -1.83. The third kappa shape index (κ3) is 9.03. The minimum absolute atomic E-state index is 0.0648. The Balaban J connectivity index is 2.43. The predicted molar refractivity (Wildman–Crippen MR) is 108 cm³/mol. The smallest absolute Gasteiger partial charge is 0.407 e. The Labute approximate surface area is 161 Å². The average molecular weight is 384 g/mol. The summed E-state index contributed by atoms with van der Waals surface area (Å²) in [5, 5.41) is 10.6. The zero-order valence-electron chi connectivity index (χ0n) is 17.0. The van der Waals surface area contributed by atoms with Gasteiger partial charge in [0.05, 0.1) is 11.0 Å². The third-order valence-electron chi connectivity index (χ3n) is 3.52. The van der Waals surface area contributed by atoms with Gasteiger partial charge in [0.2, 0.25) is 0 Å². The number of nitrogens with one attached hydrogen (secondary N) is 3. The van der Waals surface area contributed by atoms with Gasteiger partial charge in [0.25, 0.3) is 0 Å². The first-order chi connectivity index (χ1) is 12.1. The summed E-state index contributed by atoms with van der Waals surface area (Å²) in [6.07, 6.45) is 2.34. The van der Waals surface area contributed by atoms with Crippen LogP contribution in [0, 0.1) is 12.8 Å². The largest absolute Gasteiger partial charge is 0.444 e. The van der Waals surface area contributed by atoms with Crippen LogP contribution >= 0.6 is 11.3 Å². The highest BCUT2D eigenvalue weighted by atomic mass is 32.1. The quantitative estimate of drug-likeness (QED) is 0.498. The molecule has 0 fully saturated rings. The van der Waals surface area contributed by atoms with Crippen LogP contribution < -0.4 is 16.0 Å². The van der Waals surface area contributed by atoms with E-state index in [1.165, 1.54) is 4.88 Å². The number of carbonyl (C=O) groups is 1. The third-order valence-corrected chi connectivity index (χ3v) is 4.49. The minimum atomic E-state index is -0.509. The molecule has 0 aliphatic rings. The SMILES string of the molecule is CN=C(NCCc1ncc(C)s1)NCC(NC(=O)OC(C)(C)C)C(C)C. The Kier molecular flexibility index (Phi) is 8.84. The number of hydrogen-bond acceptors (Lipinski definition) is 5. The van der Waals surface area contributed by atoms with Crippen LogP contribution in [0.25, 0.3) is 0 Å². The molecule has 1 rings (SSSR count). The molecule has 1 unspecified atom stereocenters. The Morgan fingerprint density at radius 2 is 2.04 bits per heavy atom. The van der Waals surface area contributed by atoms with Crippen LogP contribution in [0.5, 0.6) is 0 Å². The lowest BCUT2D eigenvalue weighted by Gasteiger charge is -2.26. The second kappa shape index (κ2) is 10.4. The van der Waals surface area contributed by atoms with Crippen LogP contribution in [0.15, 0.2) is 11.2 Å². The van der Waals surface area contributed by atoms with Crippen molar-refractivity contribution in [2.45, 2.75) is 59.6 Å². The maximum atomic E-state index is 12.0. The van der Waals surface area contributed by atoms with E-state index in [1.54, 1.807) is 18.4 Å². The summed E-state index contributed by atoms with van der Waals surface area (Å²) < 4.78 is 5.34. The number of aryl methyl sites for hydroxylation is 1. The molecule has 0 aliphatic carbocycles. The number of guanidine groups is 1. The molecule has 1 aromatic rings. The molecule has 1 atom stereocenters. The molecule has 1 amide bonds. The summed E-state index contributed by atoms with van der Waals surface area (Å²) in [6.45, 7) is 13.0. The highest BCUT2D eigenvalue weighted by molar-refractivity contribution is 7.11. The summed E-state index contributed by atoms with van der Waals surface area (Å²) in [7, 11) is 1.73. The zero-order chi connectivity index (χ0) is 19.7. The standard InChI is InChI=1S/C18H33N5O2S/c1-12(2)14(23-17(24)25-18(4,5)6)11-22-16(19-7)20-9-8-15-21-10-13(3)26-15/h10,12,14H,8-9,11H2,1-7H3,(H,23,24)(H2,19,20,22). The number of ether oxygens (including phenoxy) is 1. The summed E-state index contributed by atoms with van der Waals surface area (Å²) in [4.78, 5) is 21.8.